The van der Waals surface area contributed by atoms with Crippen LogP contribution in [0.4, 0.5) is 13.2 Å². The number of esters is 1. The molecule has 0 spiro atoms. The lowest BCUT2D eigenvalue weighted by Gasteiger charge is -2.20. The molecule has 0 unspecified atom stereocenters. The first-order valence-electron chi connectivity index (χ1n) is 4.89. The van der Waals surface area contributed by atoms with Gasteiger partial charge in [0.15, 0.2) is 0 Å². The summed E-state index contributed by atoms with van der Waals surface area (Å²) in [4.78, 5) is 12.5. The highest BCUT2D eigenvalue weighted by molar-refractivity contribution is 5.71. The van der Waals surface area contributed by atoms with Crippen molar-refractivity contribution in [2.24, 2.45) is 0 Å². The van der Waals surface area contributed by atoms with Crippen LogP contribution in [-0.2, 0) is 14.3 Å². The molecule has 0 saturated carbocycles. The van der Waals surface area contributed by atoms with Crippen LogP contribution in [0.3, 0.4) is 0 Å². The van der Waals surface area contributed by atoms with Crippen LogP contribution in [0.2, 0.25) is 0 Å². The van der Waals surface area contributed by atoms with Gasteiger partial charge in [0, 0.05) is 6.54 Å². The molecular formula is C9H16F3NO3. The lowest BCUT2D eigenvalue weighted by Crippen LogP contribution is -2.35. The highest BCUT2D eigenvalue weighted by Crippen LogP contribution is 2.15. The van der Waals surface area contributed by atoms with Gasteiger partial charge in [-0.15, -0.1) is 13.2 Å². The van der Waals surface area contributed by atoms with Gasteiger partial charge in [-0.25, -0.2) is 0 Å². The average molecular weight is 243 g/mol. The van der Waals surface area contributed by atoms with Gasteiger partial charge in [0.25, 0.3) is 0 Å². The summed E-state index contributed by atoms with van der Waals surface area (Å²) < 4.78 is 43.1. The first-order chi connectivity index (χ1) is 7.39. The second-order valence-electron chi connectivity index (χ2n) is 3.15. The predicted octanol–water partition coefficient (Wildman–Crippen LogP) is 1.41. The smallest absolute Gasteiger partial charge is 0.468 e. The van der Waals surface area contributed by atoms with Crippen molar-refractivity contribution >= 4 is 5.97 Å². The molecule has 16 heavy (non-hydrogen) atoms. The van der Waals surface area contributed by atoms with Crippen molar-refractivity contribution in [2.45, 2.75) is 19.7 Å². The summed E-state index contributed by atoms with van der Waals surface area (Å²) in [5.41, 5.74) is 0. The Kier molecular flexibility index (Phi) is 7.07. The number of carbonyl (C=O) groups is 1. The molecule has 7 heteroatoms. The van der Waals surface area contributed by atoms with Gasteiger partial charge in [-0.05, 0) is 13.0 Å². The van der Waals surface area contributed by atoms with Crippen LogP contribution in [0.25, 0.3) is 0 Å². The Morgan fingerprint density at radius 3 is 2.38 bits per heavy atom. The quantitative estimate of drug-likeness (QED) is 0.634. The number of hydrogen-bond donors (Lipinski definition) is 0. The lowest BCUT2D eigenvalue weighted by molar-refractivity contribution is -0.324. The molecule has 0 aliphatic carbocycles. The second-order valence-corrected chi connectivity index (χ2v) is 3.15. The molecule has 0 saturated heterocycles. The summed E-state index contributed by atoms with van der Waals surface area (Å²) in [7, 11) is 1.23. The van der Waals surface area contributed by atoms with Crippen LogP contribution in [0.15, 0.2) is 0 Å². The summed E-state index contributed by atoms with van der Waals surface area (Å²) in [6.07, 6.45) is -3.88. The van der Waals surface area contributed by atoms with E-state index in [1.54, 1.807) is 4.90 Å². The average Bonchev–Trinajstić information content (AvgIpc) is 2.15. The Bertz CT molecular complexity index is 209. The number of nitrogens with zero attached hydrogens (tertiary/aromatic N) is 1. The number of halogens is 3. The molecule has 0 aromatic rings. The number of methoxy groups -OCH3 is 1. The van der Waals surface area contributed by atoms with Crippen LogP contribution >= 0.6 is 0 Å². The number of rotatable bonds is 7. The Morgan fingerprint density at radius 1 is 1.31 bits per heavy atom. The minimum Gasteiger partial charge on any atom is -0.468 e. The zero-order valence-electron chi connectivity index (χ0n) is 9.34. The van der Waals surface area contributed by atoms with E-state index in [1.165, 1.54) is 7.11 Å². The fourth-order valence-corrected chi connectivity index (χ4v) is 1.12. The molecule has 4 nitrogen and oxygen atoms in total. The van der Waals surface area contributed by atoms with Gasteiger partial charge in [-0.3, -0.25) is 14.4 Å². The van der Waals surface area contributed by atoms with E-state index in [9.17, 15) is 18.0 Å². The summed E-state index contributed by atoms with van der Waals surface area (Å²) in [5.74, 6) is -0.472. The van der Waals surface area contributed by atoms with E-state index in [0.29, 0.717) is 6.54 Å². The molecule has 0 aromatic carbocycles. The summed E-state index contributed by atoms with van der Waals surface area (Å²) >= 11 is 0. The fraction of sp³-hybridized carbons (Fsp3) is 0.889. The number of alkyl halides is 3. The van der Waals surface area contributed by atoms with Crippen LogP contribution < -0.4 is 0 Å². The molecule has 0 radical (unpaired) electrons. The summed E-state index contributed by atoms with van der Waals surface area (Å²) in [5, 5.41) is 0. The fourth-order valence-electron chi connectivity index (χ4n) is 1.12. The van der Waals surface area contributed by atoms with Gasteiger partial charge < -0.3 is 4.74 Å². The third kappa shape index (κ3) is 8.49. The standard InChI is InChI=1S/C9H16F3NO3/c1-3-4-13(7-8(14)15-2)5-6-16-9(10,11)12/h3-7H2,1-2H3. The minimum atomic E-state index is -4.62. The Balaban J connectivity index is 3.89. The maximum absolute atomic E-state index is 11.7. The van der Waals surface area contributed by atoms with E-state index in [2.05, 4.69) is 9.47 Å². The first-order valence-corrected chi connectivity index (χ1v) is 4.89. The summed E-state index contributed by atoms with van der Waals surface area (Å²) in [6, 6.07) is 0. The minimum absolute atomic E-state index is 0.0223. The normalized spacial score (nSPS) is 11.9. The molecule has 96 valence electrons. The lowest BCUT2D eigenvalue weighted by atomic mass is 10.4. The van der Waals surface area contributed by atoms with Gasteiger partial charge in [0.2, 0.25) is 0 Å². The van der Waals surface area contributed by atoms with Crippen LogP contribution in [-0.4, -0.2) is 50.6 Å². The number of ether oxygens (including phenoxy) is 2. The Labute approximate surface area is 92.3 Å². The molecule has 0 fully saturated rings. The highest BCUT2D eigenvalue weighted by atomic mass is 19.4. The Hall–Kier alpha value is -0.820. The molecule has 0 N–H and O–H groups in total. The van der Waals surface area contributed by atoms with E-state index >= 15 is 0 Å². The zero-order chi connectivity index (χ0) is 12.6. The molecule has 0 aliphatic heterocycles. The molecule has 0 aliphatic rings. The molecule has 0 rings (SSSR count). The Morgan fingerprint density at radius 2 is 1.94 bits per heavy atom. The van der Waals surface area contributed by atoms with E-state index in [-0.39, 0.29) is 13.1 Å². The van der Waals surface area contributed by atoms with Crippen molar-refractivity contribution in [3.8, 4) is 0 Å². The number of hydrogen-bond acceptors (Lipinski definition) is 4. The van der Waals surface area contributed by atoms with E-state index in [1.807, 2.05) is 6.92 Å². The third-order valence-electron chi connectivity index (χ3n) is 1.79. The van der Waals surface area contributed by atoms with Crippen molar-refractivity contribution in [3.05, 3.63) is 0 Å². The number of carbonyl (C=O) groups excluding carboxylic acids is 1. The maximum atomic E-state index is 11.7. The largest absolute Gasteiger partial charge is 0.522 e. The molecule has 0 atom stereocenters. The molecular weight excluding hydrogens is 227 g/mol. The van der Waals surface area contributed by atoms with Crippen molar-refractivity contribution < 1.29 is 27.4 Å². The predicted molar refractivity (Wildman–Crippen MR) is 50.8 cm³/mol. The van der Waals surface area contributed by atoms with Crippen LogP contribution in [0, 0.1) is 0 Å². The second kappa shape index (κ2) is 7.45. The molecule has 0 aromatic heterocycles. The van der Waals surface area contributed by atoms with Gasteiger partial charge in [0.05, 0.1) is 20.3 Å². The van der Waals surface area contributed by atoms with Crippen molar-refractivity contribution in [1.82, 2.24) is 4.90 Å². The topological polar surface area (TPSA) is 38.8 Å². The SMILES string of the molecule is CCCN(CCOC(F)(F)F)CC(=O)OC. The third-order valence-corrected chi connectivity index (χ3v) is 1.79. The van der Waals surface area contributed by atoms with E-state index in [0.717, 1.165) is 6.42 Å². The molecule has 0 amide bonds. The van der Waals surface area contributed by atoms with E-state index in [4.69, 9.17) is 0 Å². The van der Waals surface area contributed by atoms with Crippen molar-refractivity contribution in [3.63, 3.8) is 0 Å². The molecule has 0 bridgehead atoms. The maximum Gasteiger partial charge on any atom is 0.522 e. The molecule has 0 heterocycles. The van der Waals surface area contributed by atoms with Crippen LogP contribution in [0.1, 0.15) is 13.3 Å². The highest BCUT2D eigenvalue weighted by Gasteiger charge is 2.29. The van der Waals surface area contributed by atoms with Crippen LogP contribution in [0.5, 0.6) is 0 Å². The zero-order valence-corrected chi connectivity index (χ0v) is 9.34. The van der Waals surface area contributed by atoms with E-state index < -0.39 is 18.9 Å². The summed E-state index contributed by atoms with van der Waals surface area (Å²) in [6.45, 7) is 1.93. The van der Waals surface area contributed by atoms with Gasteiger partial charge in [0.1, 0.15) is 0 Å². The van der Waals surface area contributed by atoms with Crippen molar-refractivity contribution in [2.75, 3.05) is 33.4 Å². The van der Waals surface area contributed by atoms with Gasteiger partial charge in [-0.2, -0.15) is 0 Å². The van der Waals surface area contributed by atoms with Crippen molar-refractivity contribution in [1.29, 1.82) is 0 Å². The first kappa shape index (κ1) is 15.2. The monoisotopic (exact) mass is 243 g/mol. The van der Waals surface area contributed by atoms with Gasteiger partial charge in [-0.1, -0.05) is 6.92 Å². The van der Waals surface area contributed by atoms with Gasteiger partial charge >= 0.3 is 12.3 Å².